The minimum Gasteiger partial charge on any atom is -0.471 e. The van der Waals surface area contributed by atoms with Gasteiger partial charge in [-0.05, 0) is 42.0 Å². The molecule has 3 aromatic heterocycles. The molecule has 0 aliphatic rings. The molecule has 240 valence electrons. The van der Waals surface area contributed by atoms with Crippen molar-refractivity contribution in [3.05, 3.63) is 87.4 Å². The molecule has 11 nitrogen and oxygen atoms in total. The molecular formula is C28H21Cl2F5N8O3. The Kier molecular flexibility index (Phi) is 9.29. The van der Waals surface area contributed by atoms with Gasteiger partial charge in [-0.1, -0.05) is 29.3 Å². The number of aryl methyl sites for hydroxylation is 1. The standard InChI is InChI=1S/C28H21Cl2F5N8O3/c1-43-9-8-36-23(43)25(45)37-11-13-2-7-17(29)21(20(13)30)40-27-39-18-10-16(26(41-22(18)42-27)46-12-19(31)32)24(44)38-15-5-3-14(4-6-15)28(33,34)35/h2-10,19H,11-12H2,1H3,(H,37,45)(H,38,44)(H2,39,40,41,42). The van der Waals surface area contributed by atoms with Crippen LogP contribution < -0.4 is 20.7 Å². The summed E-state index contributed by atoms with van der Waals surface area (Å²) in [6, 6.07) is 8.01. The van der Waals surface area contributed by atoms with E-state index < -0.39 is 42.5 Å². The van der Waals surface area contributed by atoms with Crippen molar-refractivity contribution in [1.82, 2.24) is 29.8 Å². The van der Waals surface area contributed by atoms with Gasteiger partial charge in [-0.2, -0.15) is 23.1 Å². The number of alkyl halides is 5. The van der Waals surface area contributed by atoms with Crippen LogP contribution in [0.15, 0.2) is 54.9 Å². The number of pyridine rings is 1. The number of fused-ring (bicyclic) bond motifs is 1. The molecule has 2 aromatic carbocycles. The van der Waals surface area contributed by atoms with E-state index in [4.69, 9.17) is 27.9 Å². The zero-order chi connectivity index (χ0) is 33.2. The monoisotopic (exact) mass is 682 g/mol. The first-order chi connectivity index (χ1) is 21.8. The third kappa shape index (κ3) is 7.29. The maximum atomic E-state index is 13.1. The van der Waals surface area contributed by atoms with Crippen molar-refractivity contribution in [3.63, 3.8) is 0 Å². The van der Waals surface area contributed by atoms with Crippen LogP contribution >= 0.6 is 23.2 Å². The molecule has 2 amide bonds. The van der Waals surface area contributed by atoms with Crippen molar-refractivity contribution in [3.8, 4) is 5.88 Å². The fraction of sp³-hybridized carbons (Fsp3) is 0.179. The Morgan fingerprint density at radius 2 is 1.80 bits per heavy atom. The number of nitrogens with zero attached hydrogens (tertiary/aromatic N) is 4. The van der Waals surface area contributed by atoms with E-state index in [1.165, 1.54) is 12.3 Å². The summed E-state index contributed by atoms with van der Waals surface area (Å²) >= 11 is 13.0. The summed E-state index contributed by atoms with van der Waals surface area (Å²) in [5, 5.41) is 8.37. The van der Waals surface area contributed by atoms with E-state index in [9.17, 15) is 31.5 Å². The number of H-pyrrole nitrogens is 1. The number of imidazole rings is 2. The zero-order valence-electron chi connectivity index (χ0n) is 23.3. The molecule has 0 saturated heterocycles. The number of nitrogens with one attached hydrogen (secondary N) is 4. The van der Waals surface area contributed by atoms with Gasteiger partial charge in [-0.15, -0.1) is 0 Å². The Morgan fingerprint density at radius 1 is 1.07 bits per heavy atom. The summed E-state index contributed by atoms with van der Waals surface area (Å²) in [7, 11) is 1.67. The minimum atomic E-state index is -4.58. The lowest BCUT2D eigenvalue weighted by molar-refractivity contribution is -0.137. The third-order valence-electron chi connectivity index (χ3n) is 6.38. The Morgan fingerprint density at radius 3 is 2.46 bits per heavy atom. The van der Waals surface area contributed by atoms with Crippen molar-refractivity contribution in [1.29, 1.82) is 0 Å². The van der Waals surface area contributed by atoms with Crippen LogP contribution in [0.4, 0.5) is 39.3 Å². The summed E-state index contributed by atoms with van der Waals surface area (Å²) in [5.41, 5.74) is -0.392. The van der Waals surface area contributed by atoms with E-state index in [1.807, 2.05) is 0 Å². The number of aromatic nitrogens is 5. The van der Waals surface area contributed by atoms with Gasteiger partial charge in [-0.3, -0.25) is 9.59 Å². The maximum absolute atomic E-state index is 13.1. The number of hydrogen-bond acceptors (Lipinski definition) is 7. The number of rotatable bonds is 10. The molecule has 0 aliphatic heterocycles. The van der Waals surface area contributed by atoms with E-state index in [2.05, 4.69) is 35.9 Å². The lowest BCUT2D eigenvalue weighted by Crippen LogP contribution is -2.25. The summed E-state index contributed by atoms with van der Waals surface area (Å²) in [5.74, 6) is -1.58. The highest BCUT2D eigenvalue weighted by Crippen LogP contribution is 2.36. The molecule has 0 atom stereocenters. The minimum absolute atomic E-state index is 0.00476. The molecular weight excluding hydrogens is 662 g/mol. The van der Waals surface area contributed by atoms with E-state index in [0.29, 0.717) is 5.56 Å². The van der Waals surface area contributed by atoms with Crippen LogP contribution in [-0.2, 0) is 19.8 Å². The van der Waals surface area contributed by atoms with Gasteiger partial charge < -0.3 is 30.2 Å². The molecule has 18 heteroatoms. The van der Waals surface area contributed by atoms with Crippen molar-refractivity contribution in [2.24, 2.45) is 7.05 Å². The molecule has 0 bridgehead atoms. The number of hydrogen-bond donors (Lipinski definition) is 4. The maximum Gasteiger partial charge on any atom is 0.416 e. The van der Waals surface area contributed by atoms with Gasteiger partial charge in [0.2, 0.25) is 11.8 Å². The predicted molar refractivity (Wildman–Crippen MR) is 159 cm³/mol. The number of halogens is 7. The van der Waals surface area contributed by atoms with Crippen molar-refractivity contribution < 1.29 is 36.3 Å². The topological polar surface area (TPSA) is 139 Å². The van der Waals surface area contributed by atoms with Crippen LogP contribution in [0.25, 0.3) is 11.2 Å². The summed E-state index contributed by atoms with van der Waals surface area (Å²) in [4.78, 5) is 40.8. The first-order valence-electron chi connectivity index (χ1n) is 13.1. The Hall–Kier alpha value is -4.96. The molecule has 5 rings (SSSR count). The molecule has 3 heterocycles. The first-order valence-corrected chi connectivity index (χ1v) is 13.9. The Balaban J connectivity index is 1.39. The molecule has 0 radical (unpaired) electrons. The number of carbonyl (C=O) groups is 2. The van der Waals surface area contributed by atoms with Crippen LogP contribution in [0.2, 0.25) is 10.0 Å². The summed E-state index contributed by atoms with van der Waals surface area (Å²) in [6.07, 6.45) is -4.37. The van der Waals surface area contributed by atoms with Gasteiger partial charge in [0.25, 0.3) is 18.2 Å². The van der Waals surface area contributed by atoms with Crippen molar-refractivity contribution in [2.45, 2.75) is 19.1 Å². The molecule has 5 aromatic rings. The highest BCUT2D eigenvalue weighted by atomic mass is 35.5. The van der Waals surface area contributed by atoms with Crippen LogP contribution in [0.1, 0.15) is 32.1 Å². The van der Waals surface area contributed by atoms with Gasteiger partial charge in [0.15, 0.2) is 18.1 Å². The average Bonchev–Trinajstić information content (AvgIpc) is 3.61. The highest BCUT2D eigenvalue weighted by Gasteiger charge is 2.30. The SMILES string of the molecule is Cn1ccnc1C(=O)NCc1ccc(Cl)c(Nc2nc3nc(OCC(F)F)c(C(=O)Nc4ccc(C(F)(F)F)cc4)cc3[nH]2)c1Cl. The molecule has 0 aliphatic carbocycles. The fourth-order valence-electron chi connectivity index (χ4n) is 4.14. The lowest BCUT2D eigenvalue weighted by Gasteiger charge is -2.13. The second-order valence-corrected chi connectivity index (χ2v) is 10.4. The van der Waals surface area contributed by atoms with E-state index in [0.717, 1.165) is 24.3 Å². The Labute approximate surface area is 266 Å². The molecule has 0 spiro atoms. The number of carbonyl (C=O) groups excluding carboxylic acids is 2. The predicted octanol–water partition coefficient (Wildman–Crippen LogP) is 6.59. The quantitative estimate of drug-likeness (QED) is 0.122. The third-order valence-corrected chi connectivity index (χ3v) is 7.12. The second kappa shape index (κ2) is 13.2. The van der Waals surface area contributed by atoms with Gasteiger partial charge in [0.1, 0.15) is 5.56 Å². The first kappa shape index (κ1) is 32.4. The molecule has 0 saturated carbocycles. The number of aromatic amines is 1. The summed E-state index contributed by atoms with van der Waals surface area (Å²) in [6.45, 7) is -1.07. The lowest BCUT2D eigenvalue weighted by atomic mass is 10.2. The normalized spacial score (nSPS) is 11.6. The largest absolute Gasteiger partial charge is 0.471 e. The molecule has 4 N–H and O–H groups in total. The smallest absolute Gasteiger partial charge is 0.416 e. The van der Waals surface area contributed by atoms with Crippen molar-refractivity contribution in [2.75, 3.05) is 17.2 Å². The van der Waals surface area contributed by atoms with Gasteiger partial charge in [0.05, 0.1) is 26.8 Å². The van der Waals surface area contributed by atoms with E-state index >= 15 is 0 Å². The Bertz CT molecular complexity index is 1910. The van der Waals surface area contributed by atoms with Crippen LogP contribution in [-0.4, -0.2) is 49.3 Å². The number of ether oxygens (including phenoxy) is 1. The molecule has 0 unspecified atom stereocenters. The van der Waals surface area contributed by atoms with E-state index in [1.54, 1.807) is 29.9 Å². The van der Waals surface area contributed by atoms with Crippen molar-refractivity contribution >= 4 is 63.5 Å². The number of amides is 2. The van der Waals surface area contributed by atoms with Gasteiger partial charge in [0, 0.05) is 31.7 Å². The number of anilines is 3. The molecule has 0 fully saturated rings. The van der Waals surface area contributed by atoms with Gasteiger partial charge in [-0.25, -0.2) is 13.8 Å². The highest BCUT2D eigenvalue weighted by molar-refractivity contribution is 6.39. The average molecular weight is 683 g/mol. The molecule has 46 heavy (non-hydrogen) atoms. The fourth-order valence-corrected chi connectivity index (χ4v) is 4.68. The van der Waals surface area contributed by atoms with Crippen LogP contribution in [0, 0.1) is 0 Å². The van der Waals surface area contributed by atoms with Crippen LogP contribution in [0.5, 0.6) is 5.88 Å². The number of benzene rings is 2. The second-order valence-electron chi connectivity index (χ2n) is 9.59. The van der Waals surface area contributed by atoms with E-state index in [-0.39, 0.29) is 56.5 Å². The summed E-state index contributed by atoms with van der Waals surface area (Å²) < 4.78 is 71.3. The van der Waals surface area contributed by atoms with Gasteiger partial charge >= 0.3 is 6.18 Å². The van der Waals surface area contributed by atoms with Crippen LogP contribution in [0.3, 0.4) is 0 Å². The zero-order valence-corrected chi connectivity index (χ0v) is 24.9.